The van der Waals surface area contributed by atoms with Gasteiger partial charge < -0.3 is 5.32 Å². The van der Waals surface area contributed by atoms with Crippen molar-refractivity contribution < 1.29 is 0 Å². The molecule has 80 valence electrons. The smallest absolute Gasteiger partial charge is 0.00387 e. The molecule has 0 amide bonds. The average molecular weight is 185 g/mol. The van der Waals surface area contributed by atoms with Crippen molar-refractivity contribution in [1.29, 1.82) is 0 Å². The molecule has 2 atom stereocenters. The van der Waals surface area contributed by atoms with Gasteiger partial charge in [-0.3, -0.25) is 0 Å². The van der Waals surface area contributed by atoms with Crippen LogP contribution in [0, 0.1) is 5.92 Å². The molecule has 0 bridgehead atoms. The fraction of sp³-hybridized carbons (Fsp3) is 1.00. The number of nitrogens with one attached hydrogen (secondary N) is 1. The van der Waals surface area contributed by atoms with Gasteiger partial charge in [0.05, 0.1) is 0 Å². The summed E-state index contributed by atoms with van der Waals surface area (Å²) in [6.45, 7) is 10.3. The highest BCUT2D eigenvalue weighted by Gasteiger charge is 2.02. The summed E-state index contributed by atoms with van der Waals surface area (Å²) in [6, 6.07) is 0.712. The Morgan fingerprint density at radius 1 is 1.08 bits per heavy atom. The minimum absolute atomic E-state index is 0.712. The number of rotatable bonds is 8. The molecule has 1 N–H and O–H groups in total. The van der Waals surface area contributed by atoms with E-state index in [0.717, 1.165) is 5.92 Å². The normalized spacial score (nSPS) is 15.7. The standard InChI is InChI=1S/C12H27N/c1-5-10-13-12(4)9-7-8-11(3)6-2/h11-13H,5-10H2,1-4H3. The lowest BCUT2D eigenvalue weighted by Gasteiger charge is -2.14. The first kappa shape index (κ1) is 13.0. The molecular formula is C12H27N. The van der Waals surface area contributed by atoms with Crippen LogP contribution in [0.1, 0.15) is 59.8 Å². The zero-order valence-corrected chi connectivity index (χ0v) is 9.90. The van der Waals surface area contributed by atoms with Crippen LogP contribution in [-0.4, -0.2) is 12.6 Å². The Labute approximate surface area is 84.3 Å². The Morgan fingerprint density at radius 2 is 1.77 bits per heavy atom. The van der Waals surface area contributed by atoms with Gasteiger partial charge in [0.25, 0.3) is 0 Å². The monoisotopic (exact) mass is 185 g/mol. The molecule has 2 unspecified atom stereocenters. The van der Waals surface area contributed by atoms with Crippen LogP contribution < -0.4 is 5.32 Å². The van der Waals surface area contributed by atoms with Gasteiger partial charge in [0.15, 0.2) is 0 Å². The van der Waals surface area contributed by atoms with Crippen molar-refractivity contribution >= 4 is 0 Å². The van der Waals surface area contributed by atoms with Crippen LogP contribution in [-0.2, 0) is 0 Å². The van der Waals surface area contributed by atoms with E-state index in [-0.39, 0.29) is 0 Å². The van der Waals surface area contributed by atoms with Crippen molar-refractivity contribution in [1.82, 2.24) is 5.32 Å². The van der Waals surface area contributed by atoms with Gasteiger partial charge in [-0.2, -0.15) is 0 Å². The molecule has 0 saturated heterocycles. The maximum atomic E-state index is 3.52. The molecule has 0 heterocycles. The van der Waals surface area contributed by atoms with Gasteiger partial charge >= 0.3 is 0 Å². The molecule has 0 saturated carbocycles. The van der Waals surface area contributed by atoms with Crippen LogP contribution in [0.5, 0.6) is 0 Å². The third-order valence-corrected chi connectivity index (χ3v) is 2.77. The zero-order valence-electron chi connectivity index (χ0n) is 9.90. The minimum Gasteiger partial charge on any atom is -0.314 e. The van der Waals surface area contributed by atoms with E-state index in [0.29, 0.717) is 6.04 Å². The van der Waals surface area contributed by atoms with Crippen LogP contribution in [0.2, 0.25) is 0 Å². The molecule has 0 spiro atoms. The quantitative estimate of drug-likeness (QED) is 0.609. The van der Waals surface area contributed by atoms with Crippen LogP contribution in [0.25, 0.3) is 0 Å². The first-order valence-electron chi connectivity index (χ1n) is 5.94. The van der Waals surface area contributed by atoms with Gasteiger partial charge in [-0.15, -0.1) is 0 Å². The Balaban J connectivity index is 3.21. The maximum absolute atomic E-state index is 3.52. The molecule has 1 heteroatoms. The summed E-state index contributed by atoms with van der Waals surface area (Å²) in [7, 11) is 0. The van der Waals surface area contributed by atoms with Gasteiger partial charge in [-0.05, 0) is 32.2 Å². The van der Waals surface area contributed by atoms with Crippen molar-refractivity contribution in [2.45, 2.75) is 65.8 Å². The van der Waals surface area contributed by atoms with E-state index in [1.165, 1.54) is 38.6 Å². The van der Waals surface area contributed by atoms with Crippen LogP contribution in [0.4, 0.5) is 0 Å². The Kier molecular flexibility index (Phi) is 8.53. The van der Waals surface area contributed by atoms with E-state index < -0.39 is 0 Å². The second-order valence-corrected chi connectivity index (χ2v) is 4.30. The lowest BCUT2D eigenvalue weighted by Crippen LogP contribution is -2.26. The molecule has 0 aliphatic heterocycles. The molecule has 0 aliphatic carbocycles. The van der Waals surface area contributed by atoms with Crippen molar-refractivity contribution in [3.8, 4) is 0 Å². The fourth-order valence-corrected chi connectivity index (χ4v) is 1.47. The summed E-state index contributed by atoms with van der Waals surface area (Å²) < 4.78 is 0. The minimum atomic E-state index is 0.712. The molecule has 1 nitrogen and oxygen atoms in total. The first-order valence-corrected chi connectivity index (χ1v) is 5.94. The molecular weight excluding hydrogens is 158 g/mol. The van der Waals surface area contributed by atoms with E-state index in [4.69, 9.17) is 0 Å². The number of hydrogen-bond acceptors (Lipinski definition) is 1. The summed E-state index contributed by atoms with van der Waals surface area (Å²) in [5, 5.41) is 3.52. The predicted octanol–water partition coefficient (Wildman–Crippen LogP) is 3.59. The number of hydrogen-bond donors (Lipinski definition) is 1. The average Bonchev–Trinajstić information content (AvgIpc) is 2.14. The van der Waals surface area contributed by atoms with E-state index in [1.807, 2.05) is 0 Å². The Hall–Kier alpha value is -0.0400. The molecule has 0 aliphatic rings. The maximum Gasteiger partial charge on any atom is 0.00387 e. The van der Waals surface area contributed by atoms with E-state index in [1.54, 1.807) is 0 Å². The Bertz CT molecular complexity index is 101. The molecule has 0 aromatic heterocycles. The molecule has 0 aromatic carbocycles. The highest BCUT2D eigenvalue weighted by molar-refractivity contribution is 4.61. The fourth-order valence-electron chi connectivity index (χ4n) is 1.47. The first-order chi connectivity index (χ1) is 6.20. The third kappa shape index (κ3) is 8.29. The lowest BCUT2D eigenvalue weighted by molar-refractivity contribution is 0.436. The van der Waals surface area contributed by atoms with Gasteiger partial charge in [0.2, 0.25) is 0 Å². The van der Waals surface area contributed by atoms with Gasteiger partial charge in [0, 0.05) is 6.04 Å². The summed E-state index contributed by atoms with van der Waals surface area (Å²) in [5.74, 6) is 0.915. The summed E-state index contributed by atoms with van der Waals surface area (Å²) in [6.07, 6.45) is 6.69. The van der Waals surface area contributed by atoms with Gasteiger partial charge in [-0.25, -0.2) is 0 Å². The molecule has 0 radical (unpaired) electrons. The molecule has 0 rings (SSSR count). The predicted molar refractivity (Wildman–Crippen MR) is 61.1 cm³/mol. The van der Waals surface area contributed by atoms with Crippen molar-refractivity contribution in [3.05, 3.63) is 0 Å². The highest BCUT2D eigenvalue weighted by atomic mass is 14.9. The lowest BCUT2D eigenvalue weighted by atomic mass is 10.00. The summed E-state index contributed by atoms with van der Waals surface area (Å²) >= 11 is 0. The third-order valence-electron chi connectivity index (χ3n) is 2.77. The Morgan fingerprint density at radius 3 is 2.31 bits per heavy atom. The largest absolute Gasteiger partial charge is 0.314 e. The van der Waals surface area contributed by atoms with Gasteiger partial charge in [-0.1, -0.05) is 40.0 Å². The van der Waals surface area contributed by atoms with E-state index >= 15 is 0 Å². The second-order valence-electron chi connectivity index (χ2n) is 4.30. The molecule has 0 aromatic rings. The van der Waals surface area contributed by atoms with Crippen molar-refractivity contribution in [2.75, 3.05) is 6.54 Å². The summed E-state index contributed by atoms with van der Waals surface area (Å²) in [4.78, 5) is 0. The molecule has 13 heavy (non-hydrogen) atoms. The van der Waals surface area contributed by atoms with Gasteiger partial charge in [0.1, 0.15) is 0 Å². The van der Waals surface area contributed by atoms with Crippen molar-refractivity contribution in [3.63, 3.8) is 0 Å². The van der Waals surface area contributed by atoms with Crippen LogP contribution in [0.15, 0.2) is 0 Å². The zero-order chi connectivity index (χ0) is 10.1. The van der Waals surface area contributed by atoms with Crippen LogP contribution in [0.3, 0.4) is 0 Å². The summed E-state index contributed by atoms with van der Waals surface area (Å²) in [5.41, 5.74) is 0. The van der Waals surface area contributed by atoms with Crippen LogP contribution >= 0.6 is 0 Å². The van der Waals surface area contributed by atoms with Crippen molar-refractivity contribution in [2.24, 2.45) is 5.92 Å². The van der Waals surface area contributed by atoms with E-state index in [9.17, 15) is 0 Å². The second kappa shape index (κ2) is 8.55. The SMILES string of the molecule is CCCNC(C)CCCC(C)CC. The topological polar surface area (TPSA) is 12.0 Å². The molecule has 0 fully saturated rings. The highest BCUT2D eigenvalue weighted by Crippen LogP contribution is 2.12. The van der Waals surface area contributed by atoms with E-state index in [2.05, 4.69) is 33.0 Å².